The number of hydrogen-bond donors (Lipinski definition) is 1. The monoisotopic (exact) mass is 410 g/mol. The molecule has 7 nitrogen and oxygen atoms in total. The predicted octanol–water partition coefficient (Wildman–Crippen LogP) is 2.19. The average Bonchev–Trinajstić information content (AvgIpc) is 2.65. The van der Waals surface area contributed by atoms with Crippen LogP contribution in [0.15, 0.2) is 48.5 Å². The molecular weight excluding hydrogens is 387 g/mol. The molecule has 0 bridgehead atoms. The van der Waals surface area contributed by atoms with Gasteiger partial charge in [0.15, 0.2) is 0 Å². The Kier molecular flexibility index (Phi) is 7.62. The minimum atomic E-state index is -3.65. The van der Waals surface area contributed by atoms with Crippen LogP contribution in [0.2, 0.25) is 0 Å². The average molecular weight is 410 g/mol. The summed E-state index contributed by atoms with van der Waals surface area (Å²) in [6.07, 6.45) is 1.04. The Hall–Kier alpha value is -2.81. The molecule has 0 radical (unpaired) electrons. The zero-order valence-electron chi connectivity index (χ0n) is 15.7. The third-order valence-electron chi connectivity index (χ3n) is 3.63. The first kappa shape index (κ1) is 21.5. The zero-order chi connectivity index (χ0) is 20.6. The van der Waals surface area contributed by atoms with Crippen molar-refractivity contribution in [2.45, 2.75) is 6.92 Å². The van der Waals surface area contributed by atoms with Gasteiger partial charge in [-0.3, -0.25) is 9.10 Å². The van der Waals surface area contributed by atoms with Gasteiger partial charge in [-0.25, -0.2) is 12.8 Å². The Morgan fingerprint density at radius 3 is 2.18 bits per heavy atom. The van der Waals surface area contributed by atoms with E-state index in [1.807, 2.05) is 6.92 Å². The van der Waals surface area contributed by atoms with Crippen molar-refractivity contribution in [3.8, 4) is 11.5 Å². The van der Waals surface area contributed by atoms with E-state index in [0.717, 1.165) is 10.6 Å². The minimum absolute atomic E-state index is 0.166. The van der Waals surface area contributed by atoms with Crippen LogP contribution in [-0.2, 0) is 14.8 Å². The molecule has 0 aliphatic heterocycles. The lowest BCUT2D eigenvalue weighted by molar-refractivity contribution is -0.119. The predicted molar refractivity (Wildman–Crippen MR) is 105 cm³/mol. The van der Waals surface area contributed by atoms with E-state index in [4.69, 9.17) is 9.47 Å². The fraction of sp³-hybridized carbons (Fsp3) is 0.316. The summed E-state index contributed by atoms with van der Waals surface area (Å²) < 4.78 is 48.7. The van der Waals surface area contributed by atoms with Gasteiger partial charge >= 0.3 is 0 Å². The summed E-state index contributed by atoms with van der Waals surface area (Å²) in [7, 11) is -3.65. The largest absolute Gasteiger partial charge is 0.494 e. The van der Waals surface area contributed by atoms with Gasteiger partial charge < -0.3 is 14.8 Å². The van der Waals surface area contributed by atoms with E-state index in [9.17, 15) is 17.6 Å². The molecule has 9 heteroatoms. The van der Waals surface area contributed by atoms with Crippen molar-refractivity contribution >= 4 is 21.6 Å². The Morgan fingerprint density at radius 2 is 1.61 bits per heavy atom. The number of nitrogens with zero attached hydrogens (tertiary/aromatic N) is 1. The lowest BCUT2D eigenvalue weighted by atomic mass is 10.3. The molecule has 152 valence electrons. The van der Waals surface area contributed by atoms with E-state index in [2.05, 4.69) is 5.32 Å². The molecule has 1 amide bonds. The summed E-state index contributed by atoms with van der Waals surface area (Å²) in [5.74, 6) is 0.253. The number of rotatable bonds is 10. The molecule has 0 spiro atoms. The third-order valence-corrected chi connectivity index (χ3v) is 4.77. The second-order valence-electron chi connectivity index (χ2n) is 5.85. The maximum Gasteiger partial charge on any atom is 0.240 e. The first-order valence-electron chi connectivity index (χ1n) is 8.65. The Balaban J connectivity index is 1.89. The van der Waals surface area contributed by atoms with Gasteiger partial charge in [0.05, 0.1) is 25.1 Å². The smallest absolute Gasteiger partial charge is 0.240 e. The summed E-state index contributed by atoms with van der Waals surface area (Å²) in [5.41, 5.74) is 0.365. The number of amides is 1. The van der Waals surface area contributed by atoms with Crippen LogP contribution in [0.25, 0.3) is 0 Å². The number of ether oxygens (including phenoxy) is 2. The second-order valence-corrected chi connectivity index (χ2v) is 7.76. The highest BCUT2D eigenvalue weighted by Gasteiger charge is 2.20. The molecule has 0 aliphatic carbocycles. The van der Waals surface area contributed by atoms with E-state index in [1.54, 1.807) is 24.3 Å². The molecule has 0 saturated carbocycles. The molecule has 0 atom stereocenters. The molecule has 0 saturated heterocycles. The summed E-state index contributed by atoms with van der Waals surface area (Å²) in [4.78, 5) is 12.2. The van der Waals surface area contributed by atoms with Gasteiger partial charge in [0.2, 0.25) is 15.9 Å². The van der Waals surface area contributed by atoms with Gasteiger partial charge in [-0.2, -0.15) is 0 Å². The van der Waals surface area contributed by atoms with E-state index in [-0.39, 0.29) is 25.5 Å². The fourth-order valence-electron chi connectivity index (χ4n) is 2.35. The van der Waals surface area contributed by atoms with Crippen LogP contribution in [0.3, 0.4) is 0 Å². The fourth-order valence-corrected chi connectivity index (χ4v) is 3.21. The van der Waals surface area contributed by atoms with Crippen molar-refractivity contribution in [1.82, 2.24) is 5.32 Å². The molecular formula is C19H23FN2O5S. The maximum atomic E-state index is 12.8. The number of halogens is 1. The van der Waals surface area contributed by atoms with Crippen molar-refractivity contribution in [2.24, 2.45) is 0 Å². The highest BCUT2D eigenvalue weighted by Crippen LogP contribution is 2.21. The summed E-state index contributed by atoms with van der Waals surface area (Å²) in [5, 5.41) is 2.60. The first-order chi connectivity index (χ1) is 13.3. The van der Waals surface area contributed by atoms with E-state index >= 15 is 0 Å². The van der Waals surface area contributed by atoms with E-state index in [0.29, 0.717) is 23.8 Å². The molecule has 0 unspecified atom stereocenters. The summed E-state index contributed by atoms with van der Waals surface area (Å²) >= 11 is 0. The number of anilines is 1. The number of benzene rings is 2. The minimum Gasteiger partial charge on any atom is -0.494 e. The topological polar surface area (TPSA) is 84.9 Å². The molecule has 2 aromatic rings. The van der Waals surface area contributed by atoms with Gasteiger partial charge in [-0.05, 0) is 55.5 Å². The molecule has 0 aromatic heterocycles. The van der Waals surface area contributed by atoms with Crippen LogP contribution in [0.4, 0.5) is 10.1 Å². The Bertz CT molecular complexity index is 870. The molecule has 0 aliphatic rings. The standard InChI is InChI=1S/C19H23FN2O5S/c1-3-26-17-10-6-16(7-11-17)22(28(2,24)25)14-19(23)21-12-13-27-18-8-4-15(20)5-9-18/h4-11H,3,12-14H2,1-2H3,(H,21,23). The molecule has 28 heavy (non-hydrogen) atoms. The number of carbonyl (C=O) groups excluding carboxylic acids is 1. The third kappa shape index (κ3) is 6.73. The normalized spacial score (nSPS) is 11.0. The number of carbonyl (C=O) groups is 1. The SMILES string of the molecule is CCOc1ccc(N(CC(=O)NCCOc2ccc(F)cc2)S(C)(=O)=O)cc1. The van der Waals surface area contributed by atoms with E-state index in [1.165, 1.54) is 24.3 Å². The van der Waals surface area contributed by atoms with Gasteiger partial charge in [-0.1, -0.05) is 0 Å². The molecule has 2 aromatic carbocycles. The van der Waals surface area contributed by atoms with E-state index < -0.39 is 15.9 Å². The van der Waals surface area contributed by atoms with Crippen LogP contribution < -0.4 is 19.1 Å². The number of nitrogens with one attached hydrogen (secondary N) is 1. The maximum absolute atomic E-state index is 12.8. The van der Waals surface area contributed by atoms with Crippen LogP contribution in [-0.4, -0.2) is 46.9 Å². The van der Waals surface area contributed by atoms with Crippen LogP contribution in [0.5, 0.6) is 11.5 Å². The molecule has 2 rings (SSSR count). The van der Waals surface area contributed by atoms with Crippen molar-refractivity contribution in [1.29, 1.82) is 0 Å². The summed E-state index contributed by atoms with van der Waals surface area (Å²) in [6, 6.07) is 12.0. The number of hydrogen-bond acceptors (Lipinski definition) is 5. The van der Waals surface area contributed by atoms with Crippen LogP contribution in [0, 0.1) is 5.82 Å². The molecule has 1 N–H and O–H groups in total. The van der Waals surface area contributed by atoms with Gasteiger partial charge in [0, 0.05) is 0 Å². The van der Waals surface area contributed by atoms with Crippen molar-refractivity contribution in [2.75, 3.05) is 36.9 Å². The molecule has 0 heterocycles. The van der Waals surface area contributed by atoms with Gasteiger partial charge in [-0.15, -0.1) is 0 Å². The zero-order valence-corrected chi connectivity index (χ0v) is 16.5. The lowest BCUT2D eigenvalue weighted by Gasteiger charge is -2.22. The first-order valence-corrected chi connectivity index (χ1v) is 10.5. The number of sulfonamides is 1. The lowest BCUT2D eigenvalue weighted by Crippen LogP contribution is -2.41. The van der Waals surface area contributed by atoms with Gasteiger partial charge in [0.1, 0.15) is 30.5 Å². The Morgan fingerprint density at radius 1 is 1.04 bits per heavy atom. The van der Waals surface area contributed by atoms with Crippen LogP contribution >= 0.6 is 0 Å². The van der Waals surface area contributed by atoms with Gasteiger partial charge in [0.25, 0.3) is 0 Å². The van der Waals surface area contributed by atoms with Crippen molar-refractivity contribution in [3.63, 3.8) is 0 Å². The highest BCUT2D eigenvalue weighted by atomic mass is 32.2. The van der Waals surface area contributed by atoms with Crippen molar-refractivity contribution in [3.05, 3.63) is 54.3 Å². The highest BCUT2D eigenvalue weighted by molar-refractivity contribution is 7.92. The summed E-state index contributed by atoms with van der Waals surface area (Å²) in [6.45, 7) is 2.33. The quantitative estimate of drug-likeness (QED) is 0.607. The van der Waals surface area contributed by atoms with Crippen LogP contribution in [0.1, 0.15) is 6.92 Å². The second kappa shape index (κ2) is 9.93. The van der Waals surface area contributed by atoms with Crippen molar-refractivity contribution < 1.29 is 27.1 Å². The molecule has 0 fully saturated rings. The Labute approximate surface area is 164 Å².